The Balaban J connectivity index is 1.99. The summed E-state index contributed by atoms with van der Waals surface area (Å²) >= 11 is 6.28. The molecule has 1 saturated carbocycles. The summed E-state index contributed by atoms with van der Waals surface area (Å²) in [5.74, 6) is 1.61. The molecular formula is C16H17ClN4O2. The molecule has 1 N–H and O–H groups in total. The molecule has 4 rings (SSSR count). The van der Waals surface area contributed by atoms with Crippen LogP contribution in [-0.4, -0.2) is 31.8 Å². The maximum atomic E-state index is 9.98. The molecule has 120 valence electrons. The van der Waals surface area contributed by atoms with E-state index in [0.717, 1.165) is 23.3 Å². The number of fused-ring (bicyclic) bond motifs is 3. The van der Waals surface area contributed by atoms with Crippen LogP contribution in [0.1, 0.15) is 36.1 Å². The zero-order valence-corrected chi connectivity index (χ0v) is 13.7. The van der Waals surface area contributed by atoms with Crippen molar-refractivity contribution < 1.29 is 9.84 Å². The number of ether oxygens (including phenoxy) is 1. The van der Waals surface area contributed by atoms with Crippen LogP contribution in [0.4, 0.5) is 0 Å². The molecule has 2 aromatic heterocycles. The maximum absolute atomic E-state index is 9.98. The first-order valence-electron chi connectivity index (χ1n) is 7.63. The van der Waals surface area contributed by atoms with E-state index in [-0.39, 0.29) is 0 Å². The van der Waals surface area contributed by atoms with Gasteiger partial charge in [0.05, 0.1) is 11.0 Å². The zero-order valence-electron chi connectivity index (χ0n) is 13.0. The normalized spacial score (nSPS) is 16.3. The second kappa shape index (κ2) is 5.40. The number of hydrogen-bond acceptors (Lipinski definition) is 5. The molecule has 6 nitrogen and oxygen atoms in total. The maximum Gasteiger partial charge on any atom is 0.199 e. The predicted octanol–water partition coefficient (Wildman–Crippen LogP) is 2.83. The summed E-state index contributed by atoms with van der Waals surface area (Å²) in [5, 5.41) is 18.8. The Kier molecular flexibility index (Phi) is 3.48. The number of methoxy groups -OCH3 is 1. The first-order valence-corrected chi connectivity index (χ1v) is 8.01. The summed E-state index contributed by atoms with van der Waals surface area (Å²) in [5.41, 5.74) is 3.77. The molecular weight excluding hydrogens is 316 g/mol. The van der Waals surface area contributed by atoms with Crippen LogP contribution in [0.15, 0.2) is 12.1 Å². The smallest absolute Gasteiger partial charge is 0.199 e. The van der Waals surface area contributed by atoms with Gasteiger partial charge in [-0.15, -0.1) is 10.2 Å². The van der Waals surface area contributed by atoms with Crippen molar-refractivity contribution in [1.29, 1.82) is 0 Å². The minimum atomic E-state index is -0.984. The minimum Gasteiger partial charge on any atom is -0.364 e. The summed E-state index contributed by atoms with van der Waals surface area (Å²) in [7, 11) is 1.46. The van der Waals surface area contributed by atoms with Crippen LogP contribution in [0.5, 0.6) is 0 Å². The molecule has 1 aromatic carbocycles. The molecule has 1 fully saturated rings. The fourth-order valence-corrected chi connectivity index (χ4v) is 3.14. The molecule has 0 spiro atoms. The van der Waals surface area contributed by atoms with Crippen molar-refractivity contribution in [2.75, 3.05) is 7.11 Å². The first kappa shape index (κ1) is 14.8. The molecule has 1 unspecified atom stereocenters. The third-order valence-corrected chi connectivity index (χ3v) is 4.65. The summed E-state index contributed by atoms with van der Waals surface area (Å²) in [4.78, 5) is 4.41. The molecule has 3 aromatic rings. The van der Waals surface area contributed by atoms with Crippen LogP contribution in [0.2, 0.25) is 5.15 Å². The third-order valence-electron chi connectivity index (χ3n) is 4.39. The average Bonchev–Trinajstić information content (AvgIpc) is 3.24. The molecule has 0 saturated heterocycles. The molecule has 1 aliphatic rings. The standard InChI is InChI=1S/C16H17ClN4O2/c1-8-5-12-11(7-10(8)16(22)23-2)18-14(17)15-20-19-13(21(12)15)6-9-3-4-9/h5,7,9,16,22H,3-4,6H2,1-2H3. The van der Waals surface area contributed by atoms with Gasteiger partial charge in [0.25, 0.3) is 0 Å². The lowest BCUT2D eigenvalue weighted by Crippen LogP contribution is -2.05. The number of benzene rings is 1. The van der Waals surface area contributed by atoms with Crippen LogP contribution >= 0.6 is 11.6 Å². The number of nitrogens with zero attached hydrogens (tertiary/aromatic N) is 4. The van der Waals surface area contributed by atoms with Crippen LogP contribution < -0.4 is 0 Å². The highest BCUT2D eigenvalue weighted by Crippen LogP contribution is 2.34. The number of rotatable bonds is 4. The van der Waals surface area contributed by atoms with Crippen molar-refractivity contribution in [1.82, 2.24) is 19.6 Å². The molecule has 1 atom stereocenters. The summed E-state index contributed by atoms with van der Waals surface area (Å²) in [6.07, 6.45) is 2.41. The van der Waals surface area contributed by atoms with Crippen molar-refractivity contribution in [3.05, 3.63) is 34.2 Å². The van der Waals surface area contributed by atoms with Crippen molar-refractivity contribution in [2.45, 2.75) is 32.5 Å². The largest absolute Gasteiger partial charge is 0.364 e. The zero-order chi connectivity index (χ0) is 16.1. The van der Waals surface area contributed by atoms with E-state index in [1.54, 1.807) is 0 Å². The molecule has 7 heteroatoms. The van der Waals surface area contributed by atoms with E-state index in [2.05, 4.69) is 15.2 Å². The molecule has 0 radical (unpaired) electrons. The second-order valence-corrected chi connectivity index (χ2v) is 6.47. The van der Waals surface area contributed by atoms with Gasteiger partial charge in [0.2, 0.25) is 0 Å². The highest BCUT2D eigenvalue weighted by Gasteiger charge is 2.25. The predicted molar refractivity (Wildman–Crippen MR) is 86.4 cm³/mol. The van der Waals surface area contributed by atoms with Gasteiger partial charge in [-0.1, -0.05) is 11.6 Å². The molecule has 1 aliphatic carbocycles. The number of aliphatic hydroxyl groups is 1. The van der Waals surface area contributed by atoms with Crippen LogP contribution in [0.25, 0.3) is 16.7 Å². The van der Waals surface area contributed by atoms with E-state index >= 15 is 0 Å². The fourth-order valence-electron chi connectivity index (χ4n) is 2.93. The van der Waals surface area contributed by atoms with Crippen LogP contribution in [0, 0.1) is 12.8 Å². The Labute approximate surface area is 138 Å². The van der Waals surface area contributed by atoms with E-state index in [1.165, 1.54) is 20.0 Å². The molecule has 0 aliphatic heterocycles. The van der Waals surface area contributed by atoms with Crippen molar-refractivity contribution in [2.24, 2.45) is 5.92 Å². The number of aryl methyl sites for hydroxylation is 1. The topological polar surface area (TPSA) is 72.5 Å². The fraction of sp³-hybridized carbons (Fsp3) is 0.438. The molecule has 0 bridgehead atoms. The Bertz CT molecular complexity index is 904. The first-order chi connectivity index (χ1) is 11.1. The van der Waals surface area contributed by atoms with Crippen molar-refractivity contribution in [3.8, 4) is 0 Å². The lowest BCUT2D eigenvalue weighted by Gasteiger charge is -2.14. The molecule has 23 heavy (non-hydrogen) atoms. The Morgan fingerprint density at radius 2 is 2.17 bits per heavy atom. The summed E-state index contributed by atoms with van der Waals surface area (Å²) in [6, 6.07) is 3.79. The minimum absolute atomic E-state index is 0.314. The number of aliphatic hydroxyl groups excluding tert-OH is 1. The molecule has 0 amide bonds. The second-order valence-electron chi connectivity index (χ2n) is 6.11. The van der Waals surface area contributed by atoms with Crippen molar-refractivity contribution in [3.63, 3.8) is 0 Å². The van der Waals surface area contributed by atoms with Crippen molar-refractivity contribution >= 4 is 28.3 Å². The van der Waals surface area contributed by atoms with E-state index in [9.17, 15) is 5.11 Å². The van der Waals surface area contributed by atoms with E-state index < -0.39 is 6.29 Å². The van der Waals surface area contributed by atoms with Gasteiger partial charge in [-0.05, 0) is 43.4 Å². The quantitative estimate of drug-likeness (QED) is 0.744. The van der Waals surface area contributed by atoms with Gasteiger partial charge in [-0.3, -0.25) is 4.40 Å². The SMILES string of the molecule is COC(O)c1cc2nc(Cl)c3nnc(CC4CC4)n3c2cc1C. The Hall–Kier alpha value is -1.76. The van der Waals surface area contributed by atoms with E-state index in [0.29, 0.717) is 27.8 Å². The van der Waals surface area contributed by atoms with E-state index in [4.69, 9.17) is 16.3 Å². The van der Waals surface area contributed by atoms with Crippen LogP contribution in [-0.2, 0) is 11.2 Å². The average molecular weight is 333 g/mol. The van der Waals surface area contributed by atoms with Gasteiger partial charge in [0.15, 0.2) is 17.1 Å². The lowest BCUT2D eigenvalue weighted by atomic mass is 10.1. The van der Waals surface area contributed by atoms with Gasteiger partial charge in [0.1, 0.15) is 5.82 Å². The Morgan fingerprint density at radius 1 is 1.39 bits per heavy atom. The number of aromatic nitrogens is 4. The highest BCUT2D eigenvalue weighted by molar-refractivity contribution is 6.32. The number of hydrogen-bond donors (Lipinski definition) is 1. The van der Waals surface area contributed by atoms with Crippen LogP contribution in [0.3, 0.4) is 0 Å². The monoisotopic (exact) mass is 332 g/mol. The van der Waals surface area contributed by atoms with Gasteiger partial charge in [0, 0.05) is 19.1 Å². The van der Waals surface area contributed by atoms with Gasteiger partial charge in [-0.25, -0.2) is 4.98 Å². The van der Waals surface area contributed by atoms with Gasteiger partial charge < -0.3 is 9.84 Å². The van der Waals surface area contributed by atoms with Gasteiger partial charge in [-0.2, -0.15) is 0 Å². The summed E-state index contributed by atoms with van der Waals surface area (Å²) in [6.45, 7) is 1.93. The van der Waals surface area contributed by atoms with Gasteiger partial charge >= 0.3 is 0 Å². The summed E-state index contributed by atoms with van der Waals surface area (Å²) < 4.78 is 7.00. The Morgan fingerprint density at radius 3 is 2.87 bits per heavy atom. The lowest BCUT2D eigenvalue weighted by molar-refractivity contribution is -0.0772. The molecule has 2 heterocycles. The van der Waals surface area contributed by atoms with E-state index in [1.807, 2.05) is 23.5 Å². The highest BCUT2D eigenvalue weighted by atomic mass is 35.5. The number of halogens is 1. The third kappa shape index (κ3) is 2.47.